The van der Waals surface area contributed by atoms with Gasteiger partial charge in [-0.1, -0.05) is 6.07 Å². The van der Waals surface area contributed by atoms with E-state index < -0.39 is 0 Å². The average Bonchev–Trinajstić information content (AvgIpc) is 2.56. The van der Waals surface area contributed by atoms with Crippen molar-refractivity contribution in [3.8, 4) is 0 Å². The van der Waals surface area contributed by atoms with Crippen molar-refractivity contribution < 1.29 is 0 Å². The normalized spacial score (nSPS) is 15.9. The minimum Gasteiger partial charge on any atom is -0.329 e. The third kappa shape index (κ3) is 2.59. The number of nitrogens with two attached hydrogens (primary N) is 1. The molecule has 0 aliphatic carbocycles. The highest BCUT2D eigenvalue weighted by molar-refractivity contribution is 7.10. The molecule has 0 aliphatic rings. The van der Waals surface area contributed by atoms with Crippen LogP contribution in [0.5, 0.6) is 0 Å². The first kappa shape index (κ1) is 9.71. The monoisotopic (exact) mass is 184 g/mol. The van der Waals surface area contributed by atoms with Crippen molar-refractivity contribution in [3.63, 3.8) is 0 Å². The maximum atomic E-state index is 5.51. The molecule has 0 aromatic carbocycles. The number of nitrogens with one attached hydrogen (secondary N) is 1. The summed E-state index contributed by atoms with van der Waals surface area (Å²) in [4.78, 5) is 1.37. The highest BCUT2D eigenvalue weighted by Crippen LogP contribution is 2.18. The van der Waals surface area contributed by atoms with E-state index in [2.05, 4.69) is 36.7 Å². The summed E-state index contributed by atoms with van der Waals surface area (Å²) in [5.41, 5.74) is 5.51. The second-order valence-electron chi connectivity index (χ2n) is 3.04. The number of rotatable bonds is 4. The molecule has 0 fully saturated rings. The molecule has 1 rings (SSSR count). The van der Waals surface area contributed by atoms with Crippen molar-refractivity contribution in [1.29, 1.82) is 0 Å². The number of hydrogen-bond acceptors (Lipinski definition) is 3. The van der Waals surface area contributed by atoms with Crippen LogP contribution in [0.25, 0.3) is 0 Å². The van der Waals surface area contributed by atoms with Crippen LogP contribution in [0, 0.1) is 0 Å². The summed E-state index contributed by atoms with van der Waals surface area (Å²) in [5, 5.41) is 5.52. The molecule has 0 radical (unpaired) electrons. The van der Waals surface area contributed by atoms with Crippen LogP contribution in [0.15, 0.2) is 17.5 Å². The van der Waals surface area contributed by atoms with E-state index in [1.165, 1.54) is 4.88 Å². The number of thiophene rings is 1. The molecule has 1 aromatic heterocycles. The third-order valence-corrected chi connectivity index (χ3v) is 2.91. The van der Waals surface area contributed by atoms with Crippen molar-refractivity contribution in [3.05, 3.63) is 22.4 Å². The fraction of sp³-hybridized carbons (Fsp3) is 0.556. The first-order valence-corrected chi connectivity index (χ1v) is 5.11. The minimum absolute atomic E-state index is 0.391. The van der Waals surface area contributed by atoms with Crippen LogP contribution in [0.4, 0.5) is 0 Å². The Morgan fingerprint density at radius 1 is 1.58 bits per heavy atom. The second kappa shape index (κ2) is 4.60. The predicted octanol–water partition coefficient (Wildman–Crippen LogP) is 1.75. The second-order valence-corrected chi connectivity index (χ2v) is 4.02. The Labute approximate surface area is 77.8 Å². The lowest BCUT2D eigenvalue weighted by molar-refractivity contribution is 0.490. The molecule has 0 amide bonds. The van der Waals surface area contributed by atoms with Crippen LogP contribution in [0.2, 0.25) is 0 Å². The minimum atomic E-state index is 0.391. The van der Waals surface area contributed by atoms with Crippen LogP contribution in [-0.4, -0.2) is 12.6 Å². The van der Waals surface area contributed by atoms with E-state index in [9.17, 15) is 0 Å². The number of hydrogen-bond donors (Lipinski definition) is 2. The molecule has 3 N–H and O–H groups in total. The van der Waals surface area contributed by atoms with Crippen molar-refractivity contribution in [2.45, 2.75) is 25.9 Å². The maximum Gasteiger partial charge on any atom is 0.0388 e. The summed E-state index contributed by atoms with van der Waals surface area (Å²) in [5.74, 6) is 0. The van der Waals surface area contributed by atoms with E-state index in [0.29, 0.717) is 18.6 Å². The van der Waals surface area contributed by atoms with Crippen molar-refractivity contribution in [1.82, 2.24) is 5.32 Å². The van der Waals surface area contributed by atoms with Gasteiger partial charge in [-0.05, 0) is 25.3 Å². The Bertz CT molecular complexity index is 208. The van der Waals surface area contributed by atoms with Gasteiger partial charge in [-0.15, -0.1) is 11.3 Å². The Balaban J connectivity index is 2.44. The van der Waals surface area contributed by atoms with Gasteiger partial charge in [0.15, 0.2) is 0 Å². The molecule has 1 unspecified atom stereocenters. The third-order valence-electron chi connectivity index (χ3n) is 1.86. The van der Waals surface area contributed by atoms with E-state index in [0.717, 1.165) is 0 Å². The molecular weight excluding hydrogens is 168 g/mol. The van der Waals surface area contributed by atoms with Gasteiger partial charge < -0.3 is 11.1 Å². The van der Waals surface area contributed by atoms with Gasteiger partial charge in [-0.25, -0.2) is 0 Å². The molecule has 0 bridgehead atoms. The molecule has 0 aliphatic heterocycles. The fourth-order valence-corrected chi connectivity index (χ4v) is 1.86. The van der Waals surface area contributed by atoms with Gasteiger partial charge in [0.25, 0.3) is 0 Å². The van der Waals surface area contributed by atoms with Gasteiger partial charge in [-0.2, -0.15) is 0 Å². The SMILES string of the molecule is CC(CN)N[C@@H](C)c1cccs1. The van der Waals surface area contributed by atoms with Gasteiger partial charge in [0.2, 0.25) is 0 Å². The summed E-state index contributed by atoms with van der Waals surface area (Å²) in [6.45, 7) is 4.96. The quantitative estimate of drug-likeness (QED) is 0.748. The standard InChI is InChI=1S/C9H16N2S/c1-7(6-10)11-8(2)9-4-3-5-12-9/h3-5,7-8,11H,6,10H2,1-2H3/t7?,8-/m0/s1. The summed E-state index contributed by atoms with van der Waals surface area (Å²) < 4.78 is 0. The van der Waals surface area contributed by atoms with E-state index in [4.69, 9.17) is 5.73 Å². The molecule has 2 nitrogen and oxygen atoms in total. The highest BCUT2D eigenvalue weighted by atomic mass is 32.1. The van der Waals surface area contributed by atoms with E-state index >= 15 is 0 Å². The Morgan fingerprint density at radius 3 is 2.83 bits per heavy atom. The Kier molecular flexibility index (Phi) is 3.72. The molecule has 12 heavy (non-hydrogen) atoms. The van der Waals surface area contributed by atoms with Gasteiger partial charge in [0.1, 0.15) is 0 Å². The molecule has 1 aromatic rings. The molecule has 1 heterocycles. The molecule has 0 spiro atoms. The van der Waals surface area contributed by atoms with Gasteiger partial charge in [0.05, 0.1) is 0 Å². The lowest BCUT2D eigenvalue weighted by Gasteiger charge is -2.17. The average molecular weight is 184 g/mol. The Morgan fingerprint density at radius 2 is 2.33 bits per heavy atom. The van der Waals surface area contributed by atoms with Crippen LogP contribution in [-0.2, 0) is 0 Å². The Hall–Kier alpha value is -0.380. The van der Waals surface area contributed by atoms with Crippen molar-refractivity contribution in [2.24, 2.45) is 5.73 Å². The molecule has 0 saturated carbocycles. The molecule has 68 valence electrons. The molecule has 3 heteroatoms. The summed E-state index contributed by atoms with van der Waals surface area (Å²) in [7, 11) is 0. The summed E-state index contributed by atoms with van der Waals surface area (Å²) >= 11 is 1.78. The first-order chi connectivity index (χ1) is 5.74. The summed E-state index contributed by atoms with van der Waals surface area (Å²) in [6, 6.07) is 5.03. The van der Waals surface area contributed by atoms with E-state index in [-0.39, 0.29) is 0 Å². The zero-order valence-corrected chi connectivity index (χ0v) is 8.40. The van der Waals surface area contributed by atoms with Crippen molar-refractivity contribution >= 4 is 11.3 Å². The molecule has 0 saturated heterocycles. The lowest BCUT2D eigenvalue weighted by Crippen LogP contribution is -2.34. The van der Waals surface area contributed by atoms with Crippen LogP contribution in [0.3, 0.4) is 0 Å². The zero-order valence-electron chi connectivity index (χ0n) is 7.58. The predicted molar refractivity (Wildman–Crippen MR) is 54.4 cm³/mol. The molecular formula is C9H16N2S. The fourth-order valence-electron chi connectivity index (χ4n) is 1.11. The lowest BCUT2D eigenvalue weighted by atomic mass is 10.2. The van der Waals surface area contributed by atoms with Crippen LogP contribution < -0.4 is 11.1 Å². The zero-order chi connectivity index (χ0) is 8.97. The smallest absolute Gasteiger partial charge is 0.0388 e. The highest BCUT2D eigenvalue weighted by Gasteiger charge is 2.07. The van der Waals surface area contributed by atoms with E-state index in [1.54, 1.807) is 11.3 Å². The van der Waals surface area contributed by atoms with Gasteiger partial charge in [-0.3, -0.25) is 0 Å². The first-order valence-electron chi connectivity index (χ1n) is 4.23. The van der Waals surface area contributed by atoms with E-state index in [1.807, 2.05) is 0 Å². The van der Waals surface area contributed by atoms with Gasteiger partial charge in [0, 0.05) is 23.5 Å². The largest absolute Gasteiger partial charge is 0.329 e. The van der Waals surface area contributed by atoms with Crippen LogP contribution >= 0.6 is 11.3 Å². The van der Waals surface area contributed by atoms with Gasteiger partial charge >= 0.3 is 0 Å². The topological polar surface area (TPSA) is 38.0 Å². The van der Waals surface area contributed by atoms with Crippen molar-refractivity contribution in [2.75, 3.05) is 6.54 Å². The van der Waals surface area contributed by atoms with Crippen LogP contribution in [0.1, 0.15) is 24.8 Å². The summed E-state index contributed by atoms with van der Waals surface area (Å²) in [6.07, 6.45) is 0. The molecule has 2 atom stereocenters. The maximum absolute atomic E-state index is 5.51.